The molecule has 4 heteroatoms. The van der Waals surface area contributed by atoms with Crippen LogP contribution in [0, 0.1) is 13.8 Å². The molecule has 0 bridgehead atoms. The molecule has 4 aliphatic heterocycles. The van der Waals surface area contributed by atoms with Crippen molar-refractivity contribution in [3.05, 3.63) is 154 Å². The van der Waals surface area contributed by atoms with Crippen molar-refractivity contribution in [3.8, 4) is 0 Å². The van der Waals surface area contributed by atoms with Crippen LogP contribution in [0.5, 0.6) is 0 Å². The van der Waals surface area contributed by atoms with Crippen LogP contribution in [0.3, 0.4) is 0 Å². The number of hydrogen-bond donors (Lipinski definition) is 0. The second-order valence-corrected chi connectivity index (χ2v) is 21.3. The Balaban J connectivity index is 1.25. The van der Waals surface area contributed by atoms with Crippen LogP contribution in [0.4, 0.5) is 39.8 Å². The Hall–Kier alpha value is -5.22. The molecule has 4 unspecified atom stereocenters. The minimum Gasteiger partial charge on any atom is -0.334 e. The molecule has 1 fully saturated rings. The summed E-state index contributed by atoms with van der Waals surface area (Å²) < 4.78 is 0. The summed E-state index contributed by atoms with van der Waals surface area (Å²) in [6, 6.07) is 45.5. The zero-order valence-corrected chi connectivity index (χ0v) is 37.1. The fourth-order valence-electron chi connectivity index (χ4n) is 14.0. The SMILES string of the molecule is Cc1cc(C)c2c(c1)N(c1cc3c4c(c1)N1c5c(cc(C(C)(C)C)cc5C5(C)CCc6ccccc6C15C)B4c1ccccc1N3c1ccccc1)C1(C)CCCCC21C. The molecule has 4 atom stereocenters. The first-order valence-electron chi connectivity index (χ1n) is 22.8. The lowest BCUT2D eigenvalue weighted by Gasteiger charge is -2.54. The van der Waals surface area contributed by atoms with Gasteiger partial charge in [0.2, 0.25) is 0 Å². The van der Waals surface area contributed by atoms with E-state index in [0.717, 1.165) is 12.8 Å². The van der Waals surface area contributed by atoms with Gasteiger partial charge in [-0.15, -0.1) is 0 Å². The first-order valence-corrected chi connectivity index (χ1v) is 22.8. The summed E-state index contributed by atoms with van der Waals surface area (Å²) in [4.78, 5) is 8.36. The van der Waals surface area contributed by atoms with Crippen LogP contribution < -0.4 is 31.1 Å². The number of fused-ring (bicyclic) bond motifs is 12. The van der Waals surface area contributed by atoms with Crippen molar-refractivity contribution in [1.82, 2.24) is 0 Å². The second-order valence-electron chi connectivity index (χ2n) is 21.3. The molecule has 6 aliphatic rings. The lowest BCUT2D eigenvalue weighted by Crippen LogP contribution is -2.64. The molecule has 1 saturated carbocycles. The minimum atomic E-state index is -0.305. The molecule has 0 N–H and O–H groups in total. The van der Waals surface area contributed by atoms with Crippen molar-refractivity contribution in [2.45, 2.75) is 128 Å². The third-order valence-electron chi connectivity index (χ3n) is 17.3. The van der Waals surface area contributed by atoms with Crippen molar-refractivity contribution in [1.29, 1.82) is 0 Å². The highest BCUT2D eigenvalue weighted by atomic mass is 15.3. The van der Waals surface area contributed by atoms with Crippen LogP contribution in [0.15, 0.2) is 115 Å². The number of anilines is 7. The largest absolute Gasteiger partial charge is 0.334 e. The molecule has 2 aliphatic carbocycles. The van der Waals surface area contributed by atoms with Gasteiger partial charge in [-0.05, 0) is 151 Å². The van der Waals surface area contributed by atoms with Gasteiger partial charge in [-0.3, -0.25) is 0 Å². The normalized spacial score (nSPS) is 26.5. The Kier molecular flexibility index (Phi) is 7.19. The number of aryl methyl sites for hydroxylation is 3. The fraction of sp³-hybridized carbons (Fsp3) is 0.357. The van der Waals surface area contributed by atoms with Crippen LogP contribution in [0.25, 0.3) is 0 Å². The second kappa shape index (κ2) is 11.8. The first-order chi connectivity index (χ1) is 28.7. The van der Waals surface area contributed by atoms with E-state index in [2.05, 4.69) is 192 Å². The molecule has 0 spiro atoms. The van der Waals surface area contributed by atoms with Gasteiger partial charge in [-0.25, -0.2) is 0 Å². The van der Waals surface area contributed by atoms with E-state index in [0.29, 0.717) is 0 Å². The van der Waals surface area contributed by atoms with E-state index in [1.807, 2.05) is 0 Å². The minimum absolute atomic E-state index is 0.00297. The van der Waals surface area contributed by atoms with E-state index >= 15 is 0 Å². The number of benzene rings is 6. The molecule has 12 rings (SSSR count). The van der Waals surface area contributed by atoms with Gasteiger partial charge in [0.05, 0.1) is 11.1 Å². The van der Waals surface area contributed by atoms with E-state index in [9.17, 15) is 0 Å². The molecule has 4 heterocycles. The Morgan fingerprint density at radius 3 is 2.10 bits per heavy atom. The third-order valence-corrected chi connectivity index (χ3v) is 17.3. The maximum Gasteiger partial charge on any atom is 0.252 e. The van der Waals surface area contributed by atoms with Gasteiger partial charge in [0.1, 0.15) is 0 Å². The highest BCUT2D eigenvalue weighted by Crippen LogP contribution is 2.67. The predicted molar refractivity (Wildman–Crippen MR) is 255 cm³/mol. The van der Waals surface area contributed by atoms with E-state index < -0.39 is 0 Å². The monoisotopic (exact) mass is 783 g/mol. The molecule has 3 nitrogen and oxygen atoms in total. The molecule has 60 heavy (non-hydrogen) atoms. The zero-order chi connectivity index (χ0) is 41.3. The Morgan fingerprint density at radius 2 is 1.30 bits per heavy atom. The summed E-state index contributed by atoms with van der Waals surface area (Å²) in [5.74, 6) is 0. The Labute approximate surface area is 358 Å². The van der Waals surface area contributed by atoms with Crippen molar-refractivity contribution in [2.24, 2.45) is 0 Å². The van der Waals surface area contributed by atoms with Crippen molar-refractivity contribution in [2.75, 3.05) is 14.7 Å². The molecule has 0 saturated heterocycles. The lowest BCUT2D eigenvalue weighted by molar-refractivity contribution is 0.194. The zero-order valence-electron chi connectivity index (χ0n) is 37.1. The van der Waals surface area contributed by atoms with E-state index in [1.165, 1.54) is 115 Å². The molecule has 6 aromatic rings. The summed E-state index contributed by atoms with van der Waals surface area (Å²) in [5.41, 5.74) is 23.5. The summed E-state index contributed by atoms with van der Waals surface area (Å²) in [7, 11) is 0. The average Bonchev–Trinajstić information content (AvgIpc) is 3.57. The number of nitrogens with zero attached hydrogens (tertiary/aromatic N) is 3. The van der Waals surface area contributed by atoms with Gasteiger partial charge < -0.3 is 14.7 Å². The Bertz CT molecular complexity index is 2830. The fourth-order valence-corrected chi connectivity index (χ4v) is 14.0. The first kappa shape index (κ1) is 36.6. The van der Waals surface area contributed by atoms with Gasteiger partial charge in [-0.2, -0.15) is 0 Å². The maximum atomic E-state index is 2.90. The molecule has 300 valence electrons. The lowest BCUT2D eigenvalue weighted by atomic mass is 9.33. The highest BCUT2D eigenvalue weighted by Gasteiger charge is 2.64. The quantitative estimate of drug-likeness (QED) is 0.162. The Morgan fingerprint density at radius 1 is 0.583 bits per heavy atom. The number of para-hydroxylation sites is 2. The summed E-state index contributed by atoms with van der Waals surface area (Å²) in [5, 5.41) is 0. The van der Waals surface area contributed by atoms with Gasteiger partial charge in [0, 0.05) is 50.6 Å². The van der Waals surface area contributed by atoms with Crippen LogP contribution in [0.2, 0.25) is 0 Å². The van der Waals surface area contributed by atoms with E-state index in [-0.39, 0.29) is 34.0 Å². The van der Waals surface area contributed by atoms with Crippen molar-refractivity contribution < 1.29 is 0 Å². The molecular formula is C56H58BN3. The standard InChI is InChI=1S/C56H58BN3/c1-35-29-36(2)49-46(30-35)59(55(8)27-18-17-26-54(49,55)7)40-33-47-50-48(34-40)60-51-42(53(6)28-25-37-19-13-14-22-41(37)56(53,60)9)31-38(52(3,4)5)32-44(51)57(50)43-23-15-16-24-45(43)58(47)39-20-11-10-12-21-39/h10-16,19-24,29-34H,17-18,25-28H2,1-9H3. The molecule has 0 amide bonds. The van der Waals surface area contributed by atoms with Crippen LogP contribution >= 0.6 is 0 Å². The summed E-state index contributed by atoms with van der Waals surface area (Å²) in [6.45, 7) is 22.4. The van der Waals surface area contributed by atoms with Crippen LogP contribution in [0.1, 0.15) is 120 Å². The van der Waals surface area contributed by atoms with Gasteiger partial charge in [0.15, 0.2) is 0 Å². The highest BCUT2D eigenvalue weighted by molar-refractivity contribution is 7.00. The summed E-state index contributed by atoms with van der Waals surface area (Å²) >= 11 is 0. The molecule has 0 radical (unpaired) electrons. The third kappa shape index (κ3) is 4.28. The predicted octanol–water partition coefficient (Wildman–Crippen LogP) is 12.2. The smallest absolute Gasteiger partial charge is 0.252 e. The van der Waals surface area contributed by atoms with Crippen LogP contribution in [-0.4, -0.2) is 12.3 Å². The van der Waals surface area contributed by atoms with E-state index in [1.54, 1.807) is 5.56 Å². The topological polar surface area (TPSA) is 9.72 Å². The van der Waals surface area contributed by atoms with E-state index in [4.69, 9.17) is 0 Å². The molecule has 0 aromatic heterocycles. The molecule has 6 aromatic carbocycles. The molecular weight excluding hydrogens is 725 g/mol. The van der Waals surface area contributed by atoms with Crippen molar-refractivity contribution in [3.63, 3.8) is 0 Å². The van der Waals surface area contributed by atoms with Crippen molar-refractivity contribution >= 4 is 62.9 Å². The maximum absolute atomic E-state index is 2.90. The van der Waals surface area contributed by atoms with Gasteiger partial charge >= 0.3 is 0 Å². The average molecular weight is 784 g/mol. The summed E-state index contributed by atoms with van der Waals surface area (Å²) in [6.07, 6.45) is 7.13. The van der Waals surface area contributed by atoms with Gasteiger partial charge in [-0.1, -0.05) is 126 Å². The number of hydrogen-bond acceptors (Lipinski definition) is 3. The van der Waals surface area contributed by atoms with Gasteiger partial charge in [0.25, 0.3) is 6.71 Å². The number of rotatable bonds is 2. The van der Waals surface area contributed by atoms with Crippen LogP contribution in [-0.2, 0) is 28.2 Å².